The van der Waals surface area contributed by atoms with E-state index >= 15 is 0 Å². The van der Waals surface area contributed by atoms with Crippen molar-refractivity contribution in [3.05, 3.63) is 34.4 Å². The van der Waals surface area contributed by atoms with E-state index in [0.29, 0.717) is 22.2 Å². The van der Waals surface area contributed by atoms with Gasteiger partial charge in [-0.1, -0.05) is 11.8 Å². The van der Waals surface area contributed by atoms with Crippen molar-refractivity contribution in [2.75, 3.05) is 18.3 Å². The molecule has 1 aromatic carbocycles. The van der Waals surface area contributed by atoms with Gasteiger partial charge in [0.1, 0.15) is 5.82 Å². The molecule has 2 N–H and O–H groups in total. The SMILES string of the molecule is CCOC(=O)Nn1c(C)nc2ccc(N=C(NC#N)SC)cc2c1=O. The van der Waals surface area contributed by atoms with Crippen molar-refractivity contribution in [2.45, 2.75) is 13.8 Å². The number of aliphatic imine (C=N–C) groups is 1. The van der Waals surface area contributed by atoms with Crippen LogP contribution in [-0.4, -0.2) is 33.8 Å². The molecular formula is C15H16N6O3S. The Balaban J connectivity index is 2.52. The summed E-state index contributed by atoms with van der Waals surface area (Å²) in [5, 5.41) is 11.8. The molecular weight excluding hydrogens is 344 g/mol. The molecule has 0 aliphatic rings. The molecule has 1 aromatic heterocycles. The topological polar surface area (TPSA) is 121 Å². The van der Waals surface area contributed by atoms with Crippen molar-refractivity contribution in [1.82, 2.24) is 15.0 Å². The summed E-state index contributed by atoms with van der Waals surface area (Å²) in [7, 11) is 0. The van der Waals surface area contributed by atoms with E-state index in [1.807, 2.05) is 0 Å². The van der Waals surface area contributed by atoms with Crippen molar-refractivity contribution in [3.8, 4) is 6.19 Å². The molecule has 0 fully saturated rings. The molecule has 25 heavy (non-hydrogen) atoms. The summed E-state index contributed by atoms with van der Waals surface area (Å²) in [6.45, 7) is 3.45. The highest BCUT2D eigenvalue weighted by molar-refractivity contribution is 8.13. The lowest BCUT2D eigenvalue weighted by Gasteiger charge is -2.11. The zero-order valence-corrected chi connectivity index (χ0v) is 14.7. The third-order valence-electron chi connectivity index (χ3n) is 3.08. The van der Waals surface area contributed by atoms with Crippen LogP contribution in [0, 0.1) is 18.4 Å². The maximum absolute atomic E-state index is 12.7. The normalized spacial score (nSPS) is 11.0. The number of amides is 1. The Bertz CT molecular complexity index is 931. The van der Waals surface area contributed by atoms with Gasteiger partial charge < -0.3 is 4.74 Å². The van der Waals surface area contributed by atoms with Crippen molar-refractivity contribution in [3.63, 3.8) is 0 Å². The van der Waals surface area contributed by atoms with Crippen LogP contribution in [0.2, 0.25) is 0 Å². The van der Waals surface area contributed by atoms with Crippen LogP contribution >= 0.6 is 11.8 Å². The largest absolute Gasteiger partial charge is 0.449 e. The van der Waals surface area contributed by atoms with E-state index in [2.05, 4.69) is 20.7 Å². The lowest BCUT2D eigenvalue weighted by molar-refractivity contribution is 0.164. The zero-order chi connectivity index (χ0) is 18.4. The van der Waals surface area contributed by atoms with Crippen molar-refractivity contribution >= 4 is 39.6 Å². The Hall–Kier alpha value is -3.06. The monoisotopic (exact) mass is 360 g/mol. The molecule has 0 saturated heterocycles. The number of thioether (sulfide) groups is 1. The van der Waals surface area contributed by atoms with E-state index < -0.39 is 11.7 Å². The minimum atomic E-state index is -0.745. The summed E-state index contributed by atoms with van der Waals surface area (Å²) in [4.78, 5) is 32.8. The molecule has 0 radical (unpaired) electrons. The number of amidine groups is 1. The average Bonchev–Trinajstić information content (AvgIpc) is 2.59. The van der Waals surface area contributed by atoms with Crippen LogP contribution < -0.4 is 16.3 Å². The van der Waals surface area contributed by atoms with Crippen LogP contribution in [0.5, 0.6) is 0 Å². The minimum Gasteiger partial charge on any atom is -0.449 e. The van der Waals surface area contributed by atoms with E-state index in [4.69, 9.17) is 10.00 Å². The first kappa shape index (κ1) is 18.3. The molecule has 0 saturated carbocycles. The highest BCUT2D eigenvalue weighted by atomic mass is 32.2. The number of nitrogens with one attached hydrogen (secondary N) is 2. The molecule has 2 rings (SSSR count). The zero-order valence-electron chi connectivity index (χ0n) is 13.9. The van der Waals surface area contributed by atoms with Crippen LogP contribution in [0.15, 0.2) is 28.0 Å². The highest BCUT2D eigenvalue weighted by Crippen LogP contribution is 2.19. The number of aromatic nitrogens is 2. The number of rotatable bonds is 3. The smallest absolute Gasteiger partial charge is 0.426 e. The van der Waals surface area contributed by atoms with Gasteiger partial charge in [-0.15, -0.1) is 0 Å². The van der Waals surface area contributed by atoms with Crippen molar-refractivity contribution in [2.24, 2.45) is 4.99 Å². The number of fused-ring (bicyclic) bond motifs is 1. The minimum absolute atomic E-state index is 0.183. The number of hydrogen-bond donors (Lipinski definition) is 2. The fraction of sp³-hybridized carbons (Fsp3) is 0.267. The Kier molecular flexibility index (Phi) is 5.97. The van der Waals surface area contributed by atoms with Gasteiger partial charge in [-0.25, -0.2) is 20.2 Å². The van der Waals surface area contributed by atoms with Crippen LogP contribution in [0.25, 0.3) is 10.9 Å². The standard InChI is InChI=1S/C15H16N6O3S/c1-4-24-15(23)20-21-9(2)18-12-6-5-10(7-11(12)13(21)22)19-14(25-3)17-8-16/h5-7H,4H2,1-3H3,(H,17,19)(H,20,23). The summed E-state index contributed by atoms with van der Waals surface area (Å²) in [6, 6.07) is 4.89. The maximum Gasteiger partial charge on any atom is 0.426 e. The summed E-state index contributed by atoms with van der Waals surface area (Å²) < 4.78 is 5.81. The van der Waals surface area contributed by atoms with Gasteiger partial charge in [0.2, 0.25) is 0 Å². The first-order chi connectivity index (χ1) is 12.0. The molecule has 10 heteroatoms. The summed E-state index contributed by atoms with van der Waals surface area (Å²) in [5.41, 5.74) is 2.85. The Morgan fingerprint density at radius 1 is 1.52 bits per heavy atom. The maximum atomic E-state index is 12.7. The molecule has 0 atom stereocenters. The van der Waals surface area contributed by atoms with Crippen molar-refractivity contribution < 1.29 is 9.53 Å². The predicted molar refractivity (Wildman–Crippen MR) is 96.5 cm³/mol. The van der Waals surface area contributed by atoms with Gasteiger partial charge in [0.25, 0.3) is 5.56 Å². The number of benzene rings is 1. The van der Waals surface area contributed by atoms with Gasteiger partial charge in [0, 0.05) is 0 Å². The first-order valence-electron chi connectivity index (χ1n) is 7.25. The number of nitriles is 1. The summed E-state index contributed by atoms with van der Waals surface area (Å²) in [6.07, 6.45) is 2.82. The molecule has 0 aliphatic carbocycles. The van der Waals surface area contributed by atoms with Crippen LogP contribution in [0.1, 0.15) is 12.7 Å². The third kappa shape index (κ3) is 4.27. The van der Waals surface area contributed by atoms with Gasteiger partial charge >= 0.3 is 6.09 Å². The molecule has 0 bridgehead atoms. The Morgan fingerprint density at radius 2 is 2.28 bits per heavy atom. The molecule has 0 spiro atoms. The van der Waals surface area contributed by atoms with E-state index in [9.17, 15) is 9.59 Å². The van der Waals surface area contributed by atoms with Crippen molar-refractivity contribution in [1.29, 1.82) is 5.26 Å². The molecule has 1 heterocycles. The number of ether oxygens (including phenoxy) is 1. The molecule has 2 aromatic rings. The predicted octanol–water partition coefficient (Wildman–Crippen LogP) is 1.83. The average molecular weight is 360 g/mol. The summed E-state index contributed by atoms with van der Waals surface area (Å²) in [5.74, 6) is 0.317. The fourth-order valence-electron chi connectivity index (χ4n) is 2.03. The first-order valence-corrected chi connectivity index (χ1v) is 8.47. The number of nitrogens with zero attached hydrogens (tertiary/aromatic N) is 4. The fourth-order valence-corrected chi connectivity index (χ4v) is 2.37. The molecule has 9 nitrogen and oxygen atoms in total. The van der Waals surface area contributed by atoms with E-state index in [1.165, 1.54) is 11.8 Å². The second-order valence-electron chi connectivity index (χ2n) is 4.69. The third-order valence-corrected chi connectivity index (χ3v) is 3.66. The molecule has 1 amide bonds. The number of carbonyl (C=O) groups excluding carboxylic acids is 1. The van der Waals surface area contributed by atoms with Gasteiger partial charge in [-0.05, 0) is 38.3 Å². The summed E-state index contributed by atoms with van der Waals surface area (Å²) >= 11 is 1.26. The molecule has 0 unspecified atom stereocenters. The van der Waals surface area contributed by atoms with Crippen LogP contribution in [0.4, 0.5) is 10.5 Å². The molecule has 0 aliphatic heterocycles. The van der Waals surface area contributed by atoms with Gasteiger partial charge in [0.05, 0.1) is 23.2 Å². The van der Waals surface area contributed by atoms with E-state index in [0.717, 1.165) is 4.68 Å². The number of carbonyl (C=O) groups is 1. The number of aryl methyl sites for hydroxylation is 1. The molecule has 130 valence electrons. The van der Waals surface area contributed by atoms with E-state index in [-0.39, 0.29) is 12.0 Å². The van der Waals surface area contributed by atoms with Crippen LogP contribution in [0.3, 0.4) is 0 Å². The quantitative estimate of drug-likeness (QED) is 0.370. The lowest BCUT2D eigenvalue weighted by Crippen LogP contribution is -2.35. The second kappa shape index (κ2) is 8.16. The van der Waals surface area contributed by atoms with Gasteiger partial charge in [0.15, 0.2) is 11.4 Å². The van der Waals surface area contributed by atoms with Gasteiger partial charge in [-0.2, -0.15) is 9.94 Å². The highest BCUT2D eigenvalue weighted by Gasteiger charge is 2.12. The van der Waals surface area contributed by atoms with Gasteiger partial charge in [-0.3, -0.25) is 10.1 Å². The Morgan fingerprint density at radius 3 is 2.92 bits per heavy atom. The van der Waals surface area contributed by atoms with E-state index in [1.54, 1.807) is 44.5 Å². The second-order valence-corrected chi connectivity index (χ2v) is 5.49. The Labute approximate surface area is 147 Å². The van der Waals surface area contributed by atoms with Crippen LogP contribution in [-0.2, 0) is 4.74 Å². The number of hydrogen-bond acceptors (Lipinski definition) is 7. The lowest BCUT2D eigenvalue weighted by atomic mass is 10.2.